The first-order chi connectivity index (χ1) is 13.5. The van der Waals surface area contributed by atoms with Crippen molar-refractivity contribution in [2.24, 2.45) is 0 Å². The average molecular weight is 456 g/mol. The molecule has 30 heavy (non-hydrogen) atoms. The minimum atomic E-state index is -1.90. The average Bonchev–Trinajstić information content (AvgIpc) is 2.49. The molecule has 0 saturated heterocycles. The van der Waals surface area contributed by atoms with Crippen molar-refractivity contribution in [1.29, 1.82) is 0 Å². The minimum Gasteiger partial charge on any atom is -0.496 e. The van der Waals surface area contributed by atoms with Crippen molar-refractivity contribution >= 4 is 29.8 Å². The molecule has 0 heterocycles. The summed E-state index contributed by atoms with van der Waals surface area (Å²) in [4.78, 5) is 12.7. The Morgan fingerprint density at radius 3 is 2.03 bits per heavy atom. The Hall–Kier alpha value is -1.17. The Labute approximate surface area is 183 Å². The zero-order valence-corrected chi connectivity index (χ0v) is 22.1. The molecule has 7 nitrogen and oxygen atoms in total. The predicted octanol–water partition coefficient (Wildman–Crippen LogP) is 3.48. The summed E-state index contributed by atoms with van der Waals surface area (Å²) < 4.78 is 19.0. The second kappa shape index (κ2) is 9.97. The van der Waals surface area contributed by atoms with Gasteiger partial charge in [0, 0.05) is 6.42 Å². The molecule has 1 rings (SSSR count). The largest absolute Gasteiger partial charge is 0.635 e. The first-order valence-corrected chi connectivity index (χ1v) is 17.1. The zero-order chi connectivity index (χ0) is 23.5. The number of carbonyl (C=O) groups excluding carboxylic acids is 1. The third kappa shape index (κ3) is 7.82. The molecule has 170 valence electrons. The van der Waals surface area contributed by atoms with Crippen LogP contribution in [0.4, 0.5) is 0 Å². The molecule has 0 aliphatic rings. The van der Waals surface area contributed by atoms with Gasteiger partial charge in [0.15, 0.2) is 0 Å². The number of benzene rings is 1. The van der Waals surface area contributed by atoms with Gasteiger partial charge in [0.25, 0.3) is 0 Å². The Morgan fingerprint density at radius 1 is 1.10 bits per heavy atom. The SMILES string of the molecule is COc1c(C[C@@H](OB(O)O)N([Si](C)(C)C)[Si](C)(C)C)cccc1C(=O)OC(C)(C)C. The topological polar surface area (TPSA) is 88.5 Å². The third-order valence-electron chi connectivity index (χ3n) is 4.33. The van der Waals surface area contributed by atoms with Gasteiger partial charge in [-0.1, -0.05) is 51.4 Å². The van der Waals surface area contributed by atoms with Gasteiger partial charge in [0.2, 0.25) is 0 Å². The molecule has 0 amide bonds. The Morgan fingerprint density at radius 2 is 1.63 bits per heavy atom. The van der Waals surface area contributed by atoms with Crippen LogP contribution in [0.5, 0.6) is 5.75 Å². The molecule has 0 fully saturated rings. The van der Waals surface area contributed by atoms with Crippen LogP contribution in [0.1, 0.15) is 36.7 Å². The van der Waals surface area contributed by atoms with Crippen LogP contribution >= 0.6 is 0 Å². The molecule has 0 unspecified atom stereocenters. The molecule has 1 aromatic carbocycles. The van der Waals surface area contributed by atoms with Gasteiger partial charge in [0.1, 0.15) is 33.4 Å². The van der Waals surface area contributed by atoms with Crippen molar-refractivity contribution in [3.63, 3.8) is 0 Å². The van der Waals surface area contributed by atoms with Crippen molar-refractivity contribution in [3.8, 4) is 5.75 Å². The van der Waals surface area contributed by atoms with E-state index in [1.54, 1.807) is 12.1 Å². The summed E-state index contributed by atoms with van der Waals surface area (Å²) in [7, 11) is -4.16. The molecule has 1 aromatic rings. The molecule has 0 saturated carbocycles. The lowest BCUT2D eigenvalue weighted by molar-refractivity contribution is 0.00653. The molecule has 0 spiro atoms. The van der Waals surface area contributed by atoms with Gasteiger partial charge >= 0.3 is 13.3 Å². The lowest BCUT2D eigenvalue weighted by atomic mass is 10.0. The number of para-hydroxylation sites is 1. The summed E-state index contributed by atoms with van der Waals surface area (Å²) in [5, 5.41) is 19.2. The van der Waals surface area contributed by atoms with E-state index in [-0.39, 0.29) is 0 Å². The normalized spacial score (nSPS) is 13.9. The molecule has 10 heteroatoms. The highest BCUT2D eigenvalue weighted by atomic mass is 28.4. The summed E-state index contributed by atoms with van der Waals surface area (Å²) >= 11 is 0. The van der Waals surface area contributed by atoms with E-state index in [0.717, 1.165) is 5.56 Å². The van der Waals surface area contributed by atoms with E-state index in [9.17, 15) is 14.8 Å². The van der Waals surface area contributed by atoms with Crippen LogP contribution in [0.15, 0.2) is 18.2 Å². The summed E-state index contributed by atoms with van der Waals surface area (Å²) in [6.45, 7) is 18.7. The van der Waals surface area contributed by atoms with E-state index >= 15 is 0 Å². The molecular formula is C20H38BNO6Si2. The Kier molecular flexibility index (Phi) is 8.93. The van der Waals surface area contributed by atoms with Gasteiger partial charge in [-0.15, -0.1) is 0 Å². The summed E-state index contributed by atoms with van der Waals surface area (Å²) in [6.07, 6.45) is -0.225. The maximum absolute atomic E-state index is 12.7. The van der Waals surface area contributed by atoms with Gasteiger partial charge in [0.05, 0.1) is 13.3 Å². The molecule has 0 aliphatic carbocycles. The fourth-order valence-electron chi connectivity index (χ4n) is 3.88. The lowest BCUT2D eigenvalue weighted by Gasteiger charge is -2.48. The second-order valence-corrected chi connectivity index (χ2v) is 20.4. The Bertz CT molecular complexity index is 711. The number of methoxy groups -OCH3 is 1. The van der Waals surface area contributed by atoms with Crippen molar-refractivity contribution in [2.75, 3.05) is 7.11 Å². The Balaban J connectivity index is 3.43. The quantitative estimate of drug-likeness (QED) is 0.335. The maximum atomic E-state index is 12.7. The van der Waals surface area contributed by atoms with Crippen molar-refractivity contribution in [1.82, 2.24) is 4.23 Å². The van der Waals surface area contributed by atoms with E-state index in [4.69, 9.17) is 14.1 Å². The van der Waals surface area contributed by atoms with Crippen LogP contribution in [0, 0.1) is 0 Å². The number of nitrogens with zero attached hydrogens (tertiary/aromatic N) is 1. The molecule has 0 aromatic heterocycles. The lowest BCUT2D eigenvalue weighted by Crippen LogP contribution is -2.65. The second-order valence-electron chi connectivity index (χ2n) is 10.3. The number of carbonyl (C=O) groups is 1. The highest BCUT2D eigenvalue weighted by Crippen LogP contribution is 2.31. The standard InChI is InChI=1S/C20H38BNO6Si2/c1-20(2,3)27-19(23)16-13-11-12-15(18(16)26-4)14-17(28-21(24)25)22(29(5,6)7)30(8,9)10/h11-13,17,24-25H,14H2,1-10H3/t17-/m1/s1. The van der Waals surface area contributed by atoms with E-state index in [1.165, 1.54) is 7.11 Å². The number of hydrogen-bond acceptors (Lipinski definition) is 7. The van der Waals surface area contributed by atoms with Gasteiger partial charge in [-0.05, 0) is 32.4 Å². The van der Waals surface area contributed by atoms with Crippen LogP contribution in [-0.2, 0) is 15.8 Å². The molecular weight excluding hydrogens is 417 g/mol. The summed E-state index contributed by atoms with van der Waals surface area (Å²) in [6, 6.07) is 5.30. The van der Waals surface area contributed by atoms with Crippen LogP contribution in [0.25, 0.3) is 0 Å². The first-order valence-electron chi connectivity index (χ1n) is 10.2. The van der Waals surface area contributed by atoms with E-state index in [2.05, 4.69) is 43.5 Å². The van der Waals surface area contributed by atoms with Gasteiger partial charge in [-0.3, -0.25) is 0 Å². The molecule has 0 bridgehead atoms. The van der Waals surface area contributed by atoms with Crippen molar-refractivity contribution in [2.45, 2.75) is 78.3 Å². The fourth-order valence-corrected chi connectivity index (χ4v) is 14.0. The maximum Gasteiger partial charge on any atom is 0.635 e. The fraction of sp³-hybridized carbons (Fsp3) is 0.650. The first kappa shape index (κ1) is 26.9. The van der Waals surface area contributed by atoms with Crippen LogP contribution in [0.3, 0.4) is 0 Å². The van der Waals surface area contributed by atoms with Gasteiger partial charge in [-0.25, -0.2) is 4.79 Å². The molecule has 0 radical (unpaired) electrons. The minimum absolute atomic E-state index is 0.334. The molecule has 2 N–H and O–H groups in total. The monoisotopic (exact) mass is 455 g/mol. The highest BCUT2D eigenvalue weighted by Gasteiger charge is 2.41. The van der Waals surface area contributed by atoms with Gasteiger partial charge in [-0.2, -0.15) is 0 Å². The highest BCUT2D eigenvalue weighted by molar-refractivity contribution is 6.89. The van der Waals surface area contributed by atoms with E-state index in [0.29, 0.717) is 17.7 Å². The number of hydrogen-bond donors (Lipinski definition) is 2. The predicted molar refractivity (Wildman–Crippen MR) is 125 cm³/mol. The molecule has 0 aliphatic heterocycles. The smallest absolute Gasteiger partial charge is 0.496 e. The van der Waals surface area contributed by atoms with Crippen molar-refractivity contribution < 1.29 is 29.0 Å². The summed E-state index contributed by atoms with van der Waals surface area (Å²) in [5.74, 6) is -0.0491. The summed E-state index contributed by atoms with van der Waals surface area (Å²) in [5.41, 5.74) is 0.450. The van der Waals surface area contributed by atoms with Crippen LogP contribution in [0.2, 0.25) is 39.3 Å². The molecule has 1 atom stereocenters. The van der Waals surface area contributed by atoms with Crippen LogP contribution in [-0.4, -0.2) is 63.0 Å². The van der Waals surface area contributed by atoms with E-state index in [1.807, 2.05) is 26.8 Å². The van der Waals surface area contributed by atoms with Gasteiger partial charge < -0.3 is 28.4 Å². The number of rotatable bonds is 9. The third-order valence-corrected chi connectivity index (χ3v) is 11.8. The zero-order valence-electron chi connectivity index (χ0n) is 20.1. The number of esters is 1. The van der Waals surface area contributed by atoms with Crippen molar-refractivity contribution in [3.05, 3.63) is 29.3 Å². The number of ether oxygens (including phenoxy) is 2. The van der Waals surface area contributed by atoms with Crippen LogP contribution < -0.4 is 4.74 Å². The van der Waals surface area contributed by atoms with E-state index < -0.39 is 41.6 Å².